The van der Waals surface area contributed by atoms with Gasteiger partial charge in [-0.15, -0.1) is 0 Å². The van der Waals surface area contributed by atoms with E-state index in [-0.39, 0.29) is 17.6 Å². The minimum atomic E-state index is -0.624. The molecule has 0 atom stereocenters. The highest BCUT2D eigenvalue weighted by molar-refractivity contribution is 8.18. The summed E-state index contributed by atoms with van der Waals surface area (Å²) in [5.74, 6) is -0.526. The molecule has 3 rings (SSSR count). The van der Waals surface area contributed by atoms with Crippen molar-refractivity contribution >= 4 is 58.2 Å². The molecule has 1 saturated heterocycles. The molecule has 6 nitrogen and oxygen atoms in total. The van der Waals surface area contributed by atoms with E-state index >= 15 is 0 Å². The molecule has 1 aliphatic heterocycles. The van der Waals surface area contributed by atoms with E-state index in [9.17, 15) is 14.4 Å². The Morgan fingerprint density at radius 1 is 1.13 bits per heavy atom. The quantitative estimate of drug-likeness (QED) is 0.382. The molecule has 0 radical (unpaired) electrons. The predicted octanol–water partition coefficient (Wildman–Crippen LogP) is 5.56. The van der Waals surface area contributed by atoms with Gasteiger partial charge in [-0.25, -0.2) is 0 Å². The van der Waals surface area contributed by atoms with Crippen LogP contribution in [0.5, 0.6) is 5.75 Å². The Hall–Kier alpha value is -2.48. The highest BCUT2D eigenvalue weighted by Gasteiger charge is 2.36. The van der Waals surface area contributed by atoms with Crippen LogP contribution in [-0.4, -0.2) is 34.7 Å². The first-order valence-electron chi connectivity index (χ1n) is 9.34. The number of benzene rings is 2. The third-order valence-electron chi connectivity index (χ3n) is 4.12. The number of halogens is 2. The smallest absolute Gasteiger partial charge is 0.326 e. The standard InChI is InChI=1S/C22H19Cl2NO5S/c1-13(2)30-20(26)11-25-21(27)19(31-22(25)28)9-14-3-7-17(8-4-14)29-12-15-5-6-16(23)10-18(15)24/h3-10,13H,11-12H2,1-2H3/b19-9-. The maximum atomic E-state index is 12.5. The number of ether oxygens (including phenoxy) is 2. The van der Waals surface area contributed by atoms with Crippen molar-refractivity contribution in [3.8, 4) is 5.75 Å². The van der Waals surface area contributed by atoms with Gasteiger partial charge < -0.3 is 9.47 Å². The molecule has 9 heteroatoms. The third-order valence-corrected chi connectivity index (χ3v) is 5.61. The van der Waals surface area contributed by atoms with Crippen LogP contribution in [0.15, 0.2) is 47.4 Å². The molecule has 1 heterocycles. The number of imide groups is 1. The summed E-state index contributed by atoms with van der Waals surface area (Å²) < 4.78 is 10.7. The second kappa shape index (κ2) is 10.2. The topological polar surface area (TPSA) is 72.9 Å². The first-order valence-corrected chi connectivity index (χ1v) is 10.9. The van der Waals surface area contributed by atoms with Gasteiger partial charge >= 0.3 is 5.97 Å². The number of hydrogen-bond acceptors (Lipinski definition) is 6. The average molecular weight is 480 g/mol. The molecule has 0 aliphatic carbocycles. The predicted molar refractivity (Wildman–Crippen MR) is 121 cm³/mol. The summed E-state index contributed by atoms with van der Waals surface area (Å²) in [4.78, 5) is 37.5. The summed E-state index contributed by atoms with van der Waals surface area (Å²) in [6, 6.07) is 12.2. The van der Waals surface area contributed by atoms with Crippen LogP contribution in [0.1, 0.15) is 25.0 Å². The van der Waals surface area contributed by atoms with E-state index in [0.29, 0.717) is 21.4 Å². The molecule has 0 N–H and O–H groups in total. The van der Waals surface area contributed by atoms with Crippen molar-refractivity contribution in [1.82, 2.24) is 4.90 Å². The molecular formula is C22H19Cl2NO5S. The second-order valence-corrected chi connectivity index (χ2v) is 8.74. The van der Waals surface area contributed by atoms with Gasteiger partial charge in [-0.1, -0.05) is 41.4 Å². The molecule has 2 aromatic rings. The fraction of sp³-hybridized carbons (Fsp3) is 0.227. The van der Waals surface area contributed by atoms with Crippen molar-refractivity contribution in [2.45, 2.75) is 26.6 Å². The highest BCUT2D eigenvalue weighted by atomic mass is 35.5. The number of carbonyl (C=O) groups is 3. The first kappa shape index (κ1) is 23.2. The largest absolute Gasteiger partial charge is 0.489 e. The Balaban J connectivity index is 1.62. The number of carbonyl (C=O) groups excluding carboxylic acids is 3. The van der Waals surface area contributed by atoms with Gasteiger partial charge in [-0.2, -0.15) is 0 Å². The molecule has 0 saturated carbocycles. The molecule has 2 aromatic carbocycles. The SMILES string of the molecule is CC(C)OC(=O)CN1C(=O)S/C(=C\c2ccc(OCc3ccc(Cl)cc3Cl)cc2)C1=O. The van der Waals surface area contributed by atoms with Crippen LogP contribution >= 0.6 is 35.0 Å². The number of nitrogens with zero attached hydrogens (tertiary/aromatic N) is 1. The van der Waals surface area contributed by atoms with Gasteiger partial charge in [-0.05, 0) is 61.5 Å². The Morgan fingerprint density at radius 2 is 1.84 bits per heavy atom. The minimum Gasteiger partial charge on any atom is -0.489 e. The Kier molecular flexibility index (Phi) is 7.64. The maximum Gasteiger partial charge on any atom is 0.326 e. The zero-order valence-electron chi connectivity index (χ0n) is 16.8. The van der Waals surface area contributed by atoms with Crippen LogP contribution in [0.4, 0.5) is 4.79 Å². The molecule has 0 unspecified atom stereocenters. The lowest BCUT2D eigenvalue weighted by molar-refractivity contribution is -0.149. The van der Waals surface area contributed by atoms with Crippen LogP contribution in [0.2, 0.25) is 10.0 Å². The number of thioether (sulfide) groups is 1. The van der Waals surface area contributed by atoms with Crippen molar-refractivity contribution < 1.29 is 23.9 Å². The maximum absolute atomic E-state index is 12.5. The molecule has 0 aromatic heterocycles. The third kappa shape index (κ3) is 6.26. The number of hydrogen-bond donors (Lipinski definition) is 0. The summed E-state index contributed by atoms with van der Waals surface area (Å²) >= 11 is 12.8. The lowest BCUT2D eigenvalue weighted by atomic mass is 10.2. The first-order chi connectivity index (χ1) is 14.7. The van der Waals surface area contributed by atoms with E-state index in [0.717, 1.165) is 22.2 Å². The molecule has 31 heavy (non-hydrogen) atoms. The summed E-state index contributed by atoms with van der Waals surface area (Å²) in [6.45, 7) is 3.27. The van der Waals surface area contributed by atoms with E-state index in [4.69, 9.17) is 32.7 Å². The van der Waals surface area contributed by atoms with Crippen LogP contribution in [0.25, 0.3) is 6.08 Å². The molecule has 0 spiro atoms. The average Bonchev–Trinajstić information content (AvgIpc) is 2.95. The van der Waals surface area contributed by atoms with Crippen LogP contribution in [-0.2, 0) is 20.9 Å². The summed E-state index contributed by atoms with van der Waals surface area (Å²) in [6.07, 6.45) is 1.28. The molecule has 0 bridgehead atoms. The van der Waals surface area contributed by atoms with E-state index in [2.05, 4.69) is 0 Å². The van der Waals surface area contributed by atoms with Gasteiger partial charge in [0.2, 0.25) is 0 Å². The monoisotopic (exact) mass is 479 g/mol. The summed E-state index contributed by atoms with van der Waals surface area (Å²) in [7, 11) is 0. The van der Waals surface area contributed by atoms with E-state index in [1.54, 1.807) is 62.4 Å². The molecule has 1 fully saturated rings. The summed E-state index contributed by atoms with van der Waals surface area (Å²) in [5.41, 5.74) is 1.52. The normalized spacial score (nSPS) is 15.1. The van der Waals surface area contributed by atoms with Gasteiger partial charge in [0.05, 0.1) is 11.0 Å². The number of rotatable bonds is 7. The Morgan fingerprint density at radius 3 is 2.48 bits per heavy atom. The molecule has 1 aliphatic rings. The summed E-state index contributed by atoms with van der Waals surface area (Å²) in [5, 5.41) is 0.577. The van der Waals surface area contributed by atoms with Gasteiger partial charge in [0, 0.05) is 15.6 Å². The zero-order valence-corrected chi connectivity index (χ0v) is 19.1. The molecular weight excluding hydrogens is 461 g/mol. The number of esters is 1. The fourth-order valence-electron chi connectivity index (χ4n) is 2.68. The van der Waals surface area contributed by atoms with Crippen molar-refractivity contribution in [3.05, 3.63) is 68.5 Å². The Labute approximate surface area is 194 Å². The molecule has 162 valence electrons. The number of amides is 2. The fourth-order valence-corrected chi connectivity index (χ4v) is 3.98. The second-order valence-electron chi connectivity index (χ2n) is 6.90. The van der Waals surface area contributed by atoms with Gasteiger partial charge in [-0.3, -0.25) is 19.3 Å². The Bertz CT molecular complexity index is 1040. The minimum absolute atomic E-state index is 0.240. The van der Waals surface area contributed by atoms with E-state index in [1.165, 1.54) is 0 Å². The van der Waals surface area contributed by atoms with Gasteiger partial charge in [0.15, 0.2) is 0 Å². The van der Waals surface area contributed by atoms with Crippen LogP contribution in [0, 0.1) is 0 Å². The van der Waals surface area contributed by atoms with Crippen molar-refractivity contribution in [2.75, 3.05) is 6.54 Å². The molecule has 2 amide bonds. The van der Waals surface area contributed by atoms with Crippen molar-refractivity contribution in [3.63, 3.8) is 0 Å². The lowest BCUT2D eigenvalue weighted by Gasteiger charge is -2.13. The van der Waals surface area contributed by atoms with Gasteiger partial charge in [0.25, 0.3) is 11.1 Å². The van der Waals surface area contributed by atoms with E-state index in [1.807, 2.05) is 0 Å². The van der Waals surface area contributed by atoms with Crippen molar-refractivity contribution in [1.29, 1.82) is 0 Å². The highest BCUT2D eigenvalue weighted by Crippen LogP contribution is 2.32. The van der Waals surface area contributed by atoms with Crippen molar-refractivity contribution in [2.24, 2.45) is 0 Å². The zero-order chi connectivity index (χ0) is 22.5. The van der Waals surface area contributed by atoms with Crippen LogP contribution in [0.3, 0.4) is 0 Å². The van der Waals surface area contributed by atoms with E-state index < -0.39 is 23.7 Å². The van der Waals surface area contributed by atoms with Gasteiger partial charge in [0.1, 0.15) is 18.9 Å². The van der Waals surface area contributed by atoms with Crippen LogP contribution < -0.4 is 4.74 Å². The lowest BCUT2D eigenvalue weighted by Crippen LogP contribution is -2.35.